The Morgan fingerprint density at radius 3 is 2.93 bits per heavy atom. The van der Waals surface area contributed by atoms with E-state index in [4.69, 9.17) is 4.74 Å². The maximum atomic E-state index is 11.2. The summed E-state index contributed by atoms with van der Waals surface area (Å²) in [5, 5.41) is 0. The Hall–Kier alpha value is -1.29. The minimum Gasteiger partial charge on any atom is -0.367 e. The second-order valence-corrected chi connectivity index (χ2v) is 3.31. The molecular weight excluding hydrogens is 180 g/mol. The van der Waals surface area contributed by atoms with Crippen LogP contribution in [0, 0.1) is 5.92 Å². The van der Waals surface area contributed by atoms with E-state index in [-0.39, 0.29) is 18.3 Å². The molecule has 0 saturated heterocycles. The van der Waals surface area contributed by atoms with Gasteiger partial charge in [0.2, 0.25) is 0 Å². The van der Waals surface area contributed by atoms with E-state index in [0.29, 0.717) is 6.61 Å². The number of ketones is 1. The summed E-state index contributed by atoms with van der Waals surface area (Å²) in [7, 11) is 0. The van der Waals surface area contributed by atoms with Gasteiger partial charge in [-0.3, -0.25) is 4.79 Å². The lowest BCUT2D eigenvalue weighted by atomic mass is 10.1. The largest absolute Gasteiger partial charge is 0.367 e. The number of carbonyl (C=O) groups is 1. The van der Waals surface area contributed by atoms with Crippen LogP contribution in [0.25, 0.3) is 0 Å². The number of nitrogens with zero attached hydrogens (tertiary/aromatic N) is 2. The minimum absolute atomic E-state index is 0.0281. The molecule has 0 radical (unpaired) electrons. The van der Waals surface area contributed by atoms with Gasteiger partial charge in [0.15, 0.2) is 5.78 Å². The van der Waals surface area contributed by atoms with Crippen molar-refractivity contribution in [1.29, 1.82) is 0 Å². The molecule has 0 bridgehead atoms. The van der Waals surface area contributed by atoms with Gasteiger partial charge in [-0.1, -0.05) is 13.8 Å². The zero-order valence-corrected chi connectivity index (χ0v) is 8.43. The van der Waals surface area contributed by atoms with E-state index in [0.717, 1.165) is 5.69 Å². The normalized spacial score (nSPS) is 10.5. The Morgan fingerprint density at radius 1 is 1.57 bits per heavy atom. The SMILES string of the molecule is CC(C)C(=O)COCc1ccncn1. The van der Waals surface area contributed by atoms with Crippen molar-refractivity contribution in [3.63, 3.8) is 0 Å². The second kappa shape index (κ2) is 5.44. The minimum atomic E-state index is 0.0281. The maximum Gasteiger partial charge on any atom is 0.160 e. The van der Waals surface area contributed by atoms with E-state index in [9.17, 15) is 4.79 Å². The van der Waals surface area contributed by atoms with Gasteiger partial charge in [0.25, 0.3) is 0 Å². The average molecular weight is 194 g/mol. The van der Waals surface area contributed by atoms with Crippen molar-refractivity contribution < 1.29 is 9.53 Å². The van der Waals surface area contributed by atoms with Crippen LogP contribution in [0.1, 0.15) is 19.5 Å². The number of hydrogen-bond donors (Lipinski definition) is 0. The Bertz CT molecular complexity index is 285. The fourth-order valence-corrected chi connectivity index (χ4v) is 0.826. The first-order valence-electron chi connectivity index (χ1n) is 4.55. The quantitative estimate of drug-likeness (QED) is 0.707. The van der Waals surface area contributed by atoms with E-state index >= 15 is 0 Å². The number of aromatic nitrogens is 2. The molecule has 0 amide bonds. The zero-order chi connectivity index (χ0) is 10.4. The highest BCUT2D eigenvalue weighted by Crippen LogP contribution is 1.98. The van der Waals surface area contributed by atoms with Crippen molar-refractivity contribution in [3.05, 3.63) is 24.3 Å². The lowest BCUT2D eigenvalue weighted by molar-refractivity contribution is -0.126. The third kappa shape index (κ3) is 3.62. The topological polar surface area (TPSA) is 52.1 Å². The van der Waals surface area contributed by atoms with Crippen LogP contribution in [0.15, 0.2) is 18.6 Å². The zero-order valence-electron chi connectivity index (χ0n) is 8.43. The Labute approximate surface area is 83.3 Å². The summed E-state index contributed by atoms with van der Waals surface area (Å²) in [6, 6.07) is 1.76. The first kappa shape index (κ1) is 10.8. The molecule has 1 aromatic heterocycles. The van der Waals surface area contributed by atoms with E-state index in [1.807, 2.05) is 13.8 Å². The van der Waals surface area contributed by atoms with Crippen LogP contribution in [-0.2, 0) is 16.1 Å². The molecule has 0 aliphatic heterocycles. The van der Waals surface area contributed by atoms with Gasteiger partial charge in [-0.15, -0.1) is 0 Å². The number of rotatable bonds is 5. The number of ether oxygens (including phenoxy) is 1. The van der Waals surface area contributed by atoms with Gasteiger partial charge in [0, 0.05) is 12.1 Å². The summed E-state index contributed by atoms with van der Waals surface area (Å²) >= 11 is 0. The lowest BCUT2D eigenvalue weighted by Crippen LogP contribution is -2.14. The predicted octanol–water partition coefficient (Wildman–Crippen LogP) is 1.22. The second-order valence-electron chi connectivity index (χ2n) is 3.31. The molecular formula is C10H14N2O2. The molecule has 0 N–H and O–H groups in total. The Balaban J connectivity index is 2.26. The van der Waals surface area contributed by atoms with Gasteiger partial charge in [0.05, 0.1) is 12.3 Å². The van der Waals surface area contributed by atoms with Gasteiger partial charge in [-0.2, -0.15) is 0 Å². The molecule has 4 nitrogen and oxygen atoms in total. The number of hydrogen-bond acceptors (Lipinski definition) is 4. The molecule has 14 heavy (non-hydrogen) atoms. The van der Waals surface area contributed by atoms with Crippen molar-refractivity contribution in [3.8, 4) is 0 Å². The molecule has 0 aliphatic rings. The number of carbonyl (C=O) groups excluding carboxylic acids is 1. The van der Waals surface area contributed by atoms with Crippen molar-refractivity contribution in [2.45, 2.75) is 20.5 Å². The van der Waals surface area contributed by atoms with Gasteiger partial charge in [-0.05, 0) is 6.07 Å². The number of Topliss-reactive ketones (excluding diaryl/α,β-unsaturated/α-hetero) is 1. The predicted molar refractivity (Wildman–Crippen MR) is 51.5 cm³/mol. The lowest BCUT2D eigenvalue weighted by Gasteiger charge is -2.04. The van der Waals surface area contributed by atoms with Gasteiger partial charge < -0.3 is 4.74 Å². The molecule has 0 aliphatic carbocycles. The highest BCUT2D eigenvalue weighted by atomic mass is 16.5. The fraction of sp³-hybridized carbons (Fsp3) is 0.500. The van der Waals surface area contributed by atoms with E-state index < -0.39 is 0 Å². The Kier molecular flexibility index (Phi) is 4.19. The summed E-state index contributed by atoms with van der Waals surface area (Å²) in [4.78, 5) is 18.9. The third-order valence-corrected chi connectivity index (χ3v) is 1.78. The highest BCUT2D eigenvalue weighted by Gasteiger charge is 2.06. The molecule has 0 saturated carbocycles. The van der Waals surface area contributed by atoms with Crippen LogP contribution in [0.5, 0.6) is 0 Å². The Morgan fingerprint density at radius 2 is 2.36 bits per heavy atom. The average Bonchev–Trinajstić information content (AvgIpc) is 2.19. The third-order valence-electron chi connectivity index (χ3n) is 1.78. The molecule has 76 valence electrons. The van der Waals surface area contributed by atoms with E-state index in [1.165, 1.54) is 6.33 Å². The first-order chi connectivity index (χ1) is 6.70. The van der Waals surface area contributed by atoms with E-state index in [1.54, 1.807) is 12.3 Å². The van der Waals surface area contributed by atoms with E-state index in [2.05, 4.69) is 9.97 Å². The van der Waals surface area contributed by atoms with Crippen LogP contribution in [0.3, 0.4) is 0 Å². The highest BCUT2D eigenvalue weighted by molar-refractivity contribution is 5.81. The van der Waals surface area contributed by atoms with Gasteiger partial charge in [0.1, 0.15) is 12.9 Å². The van der Waals surface area contributed by atoms with Gasteiger partial charge >= 0.3 is 0 Å². The molecule has 0 spiro atoms. The molecule has 4 heteroatoms. The molecule has 0 aromatic carbocycles. The monoisotopic (exact) mass is 194 g/mol. The summed E-state index contributed by atoms with van der Waals surface area (Å²) in [5.41, 5.74) is 0.788. The van der Waals surface area contributed by atoms with Crippen molar-refractivity contribution in [2.24, 2.45) is 5.92 Å². The van der Waals surface area contributed by atoms with Crippen LogP contribution >= 0.6 is 0 Å². The molecule has 0 atom stereocenters. The van der Waals surface area contributed by atoms with Crippen molar-refractivity contribution >= 4 is 5.78 Å². The van der Waals surface area contributed by atoms with Crippen molar-refractivity contribution in [2.75, 3.05) is 6.61 Å². The molecule has 0 unspecified atom stereocenters. The maximum absolute atomic E-state index is 11.2. The molecule has 1 aromatic rings. The smallest absolute Gasteiger partial charge is 0.160 e. The molecule has 1 heterocycles. The standard InChI is InChI=1S/C10H14N2O2/c1-8(2)10(13)6-14-5-9-3-4-11-7-12-9/h3-4,7-8H,5-6H2,1-2H3. The first-order valence-corrected chi connectivity index (χ1v) is 4.55. The fourth-order valence-electron chi connectivity index (χ4n) is 0.826. The summed E-state index contributed by atoms with van der Waals surface area (Å²) in [6.07, 6.45) is 3.11. The summed E-state index contributed by atoms with van der Waals surface area (Å²) < 4.78 is 5.20. The van der Waals surface area contributed by atoms with Crippen LogP contribution in [0.4, 0.5) is 0 Å². The van der Waals surface area contributed by atoms with Crippen LogP contribution < -0.4 is 0 Å². The van der Waals surface area contributed by atoms with Crippen molar-refractivity contribution in [1.82, 2.24) is 9.97 Å². The van der Waals surface area contributed by atoms with Gasteiger partial charge in [-0.25, -0.2) is 9.97 Å². The molecule has 0 fully saturated rings. The van der Waals surface area contributed by atoms with Crippen LogP contribution in [-0.4, -0.2) is 22.4 Å². The summed E-state index contributed by atoms with van der Waals surface area (Å²) in [5.74, 6) is 0.138. The summed E-state index contributed by atoms with van der Waals surface area (Å²) in [6.45, 7) is 4.23. The van der Waals surface area contributed by atoms with Crippen LogP contribution in [0.2, 0.25) is 0 Å². The molecule has 1 rings (SSSR count).